The van der Waals surface area contributed by atoms with Crippen molar-refractivity contribution in [1.29, 1.82) is 0 Å². The number of hydrogen-bond donors (Lipinski definition) is 1. The molecule has 2 atom stereocenters. The maximum absolute atomic E-state index is 13.0. The molecule has 0 rings (SSSR count). The van der Waals surface area contributed by atoms with Crippen molar-refractivity contribution in [3.05, 3.63) is 36.5 Å². The Hall–Kier alpha value is -2.49. The van der Waals surface area contributed by atoms with Gasteiger partial charge < -0.3 is 28.5 Å². The summed E-state index contributed by atoms with van der Waals surface area (Å²) in [5, 5.41) is 9.78. The van der Waals surface area contributed by atoms with Crippen molar-refractivity contribution in [3.8, 4) is 0 Å². The van der Waals surface area contributed by atoms with Gasteiger partial charge in [0.2, 0.25) is 0 Å². The summed E-state index contributed by atoms with van der Waals surface area (Å²) in [5.74, 6) is -1.97. The lowest BCUT2D eigenvalue weighted by Crippen LogP contribution is -2.40. The van der Waals surface area contributed by atoms with Crippen LogP contribution in [0.25, 0.3) is 0 Å². The zero-order chi connectivity index (χ0) is 69.7. The largest absolute Gasteiger partial charge is 0.477 e. The van der Waals surface area contributed by atoms with Crippen molar-refractivity contribution in [2.24, 2.45) is 0 Å². The summed E-state index contributed by atoms with van der Waals surface area (Å²) in [7, 11) is 6.00. The molecule has 0 aliphatic carbocycles. The first-order valence-corrected chi connectivity index (χ1v) is 42.7. The van der Waals surface area contributed by atoms with E-state index < -0.39 is 18.4 Å². The highest BCUT2D eigenvalue weighted by molar-refractivity contribution is 5.71. The molecule has 2 unspecified atom stereocenters. The van der Waals surface area contributed by atoms with Gasteiger partial charge in [0.05, 0.1) is 34.4 Å². The number of carboxylic acids is 1. The van der Waals surface area contributed by atoms with Crippen LogP contribution in [0.2, 0.25) is 0 Å². The molecule has 0 heterocycles. The number of nitrogens with zero attached hydrogens (tertiary/aromatic N) is 1. The summed E-state index contributed by atoms with van der Waals surface area (Å²) < 4.78 is 23.1. The number of esters is 2. The number of hydrogen-bond acceptors (Lipinski definition) is 7. The Kier molecular flexibility index (Phi) is 76.2. The summed E-state index contributed by atoms with van der Waals surface area (Å²) in [6.45, 7) is 4.95. The second kappa shape index (κ2) is 78.2. The molecule has 9 nitrogen and oxygen atoms in total. The number of carbonyl (C=O) groups excluding carboxylic acids is 2. The second-order valence-corrected chi connectivity index (χ2v) is 30.5. The van der Waals surface area contributed by atoms with Gasteiger partial charge >= 0.3 is 17.9 Å². The van der Waals surface area contributed by atoms with E-state index in [1.165, 1.54) is 366 Å². The fraction of sp³-hybridized carbons (Fsp3) is 0.897. The van der Waals surface area contributed by atoms with Crippen LogP contribution in [0.15, 0.2) is 36.5 Å². The Bertz CT molecular complexity index is 1670. The van der Waals surface area contributed by atoms with E-state index in [0.29, 0.717) is 17.4 Å². The van der Waals surface area contributed by atoms with E-state index in [0.717, 1.165) is 51.4 Å². The van der Waals surface area contributed by atoms with Crippen LogP contribution in [0.5, 0.6) is 0 Å². The fourth-order valence-electron chi connectivity index (χ4n) is 13.1. The molecule has 0 spiro atoms. The fourth-order valence-corrected chi connectivity index (χ4v) is 13.1. The zero-order valence-corrected chi connectivity index (χ0v) is 65.1. The first kappa shape index (κ1) is 93.5. The predicted molar refractivity (Wildman–Crippen MR) is 415 cm³/mol. The lowest BCUT2D eigenvalue weighted by molar-refractivity contribution is -0.870. The van der Waals surface area contributed by atoms with Crippen LogP contribution >= 0.6 is 0 Å². The number of carboxylic acid groups (broad SMARTS) is 1. The number of ether oxygens (including phenoxy) is 4. The van der Waals surface area contributed by atoms with Crippen LogP contribution in [0.4, 0.5) is 0 Å². The summed E-state index contributed by atoms with van der Waals surface area (Å²) >= 11 is 0. The van der Waals surface area contributed by atoms with Crippen molar-refractivity contribution in [1.82, 2.24) is 0 Å². The average Bonchev–Trinajstić information content (AvgIpc) is 2.59. The molecule has 0 aromatic rings. The van der Waals surface area contributed by atoms with Gasteiger partial charge in [-0.2, -0.15) is 0 Å². The van der Waals surface area contributed by atoms with E-state index in [4.69, 9.17) is 18.9 Å². The lowest BCUT2D eigenvalue weighted by atomic mass is 10.0. The highest BCUT2D eigenvalue weighted by Crippen LogP contribution is 2.21. The maximum atomic E-state index is 13.0. The first-order chi connectivity index (χ1) is 47.1. The van der Waals surface area contributed by atoms with Crippen molar-refractivity contribution in [3.63, 3.8) is 0 Å². The number of quaternary nitrogens is 1. The zero-order valence-electron chi connectivity index (χ0n) is 65.1. The van der Waals surface area contributed by atoms with E-state index in [9.17, 15) is 19.5 Å². The van der Waals surface area contributed by atoms with E-state index in [1.807, 2.05) is 21.1 Å². The molecule has 0 saturated heterocycles. The van der Waals surface area contributed by atoms with Gasteiger partial charge in [-0.3, -0.25) is 9.59 Å². The Labute approximate surface area is 598 Å². The maximum Gasteiger partial charge on any atom is 0.361 e. The monoisotopic (exact) mass is 1350 g/mol. The molecule has 0 bridgehead atoms. The Morgan fingerprint density at radius 2 is 0.562 bits per heavy atom. The first-order valence-electron chi connectivity index (χ1n) is 42.7. The van der Waals surface area contributed by atoms with E-state index >= 15 is 0 Å². The lowest BCUT2D eigenvalue weighted by Gasteiger charge is -2.25. The van der Waals surface area contributed by atoms with Gasteiger partial charge in [0.1, 0.15) is 13.2 Å². The van der Waals surface area contributed by atoms with Gasteiger partial charge in [0, 0.05) is 12.8 Å². The van der Waals surface area contributed by atoms with Crippen molar-refractivity contribution < 1.29 is 42.9 Å². The third kappa shape index (κ3) is 78.8. The minimum absolute atomic E-state index is 0.176. The number of allylic oxidation sites excluding steroid dienone is 6. The average molecular weight is 1350 g/mol. The molecular formula is C87H166NO8+. The second-order valence-electron chi connectivity index (χ2n) is 30.5. The molecule has 0 aromatic carbocycles. The summed E-state index contributed by atoms with van der Waals surface area (Å²) in [4.78, 5) is 37.8. The normalized spacial score (nSPS) is 12.7. The molecule has 9 heteroatoms. The number of rotatable bonds is 81. The van der Waals surface area contributed by atoms with Crippen LogP contribution in [0.1, 0.15) is 444 Å². The Morgan fingerprint density at radius 1 is 0.312 bits per heavy atom. The number of likely N-dealkylation sites (N-methyl/N-ethyl adjacent to an activating group) is 1. The Morgan fingerprint density at radius 3 is 0.833 bits per heavy atom. The number of carbonyl (C=O) groups is 3. The van der Waals surface area contributed by atoms with Crippen molar-refractivity contribution in [2.45, 2.75) is 456 Å². The number of unbranched alkanes of at least 4 members (excludes halogenated alkanes) is 60. The van der Waals surface area contributed by atoms with Gasteiger partial charge in [-0.05, 0) is 51.4 Å². The molecule has 0 aliphatic rings. The molecular weight excluding hydrogens is 1190 g/mol. The summed E-state index contributed by atoms with van der Waals surface area (Å²) in [6, 6.07) is 0. The van der Waals surface area contributed by atoms with Crippen LogP contribution in [0, 0.1) is 0 Å². The van der Waals surface area contributed by atoms with Gasteiger partial charge in [0.25, 0.3) is 6.29 Å². The van der Waals surface area contributed by atoms with Gasteiger partial charge in [-0.15, -0.1) is 0 Å². The molecule has 0 aliphatic heterocycles. The van der Waals surface area contributed by atoms with Crippen LogP contribution < -0.4 is 0 Å². The standard InChI is InChI=1S/C87H165NO8/c1-6-8-10-12-14-16-18-20-22-24-26-28-30-32-34-36-38-39-40-41-42-43-44-45-46-48-49-51-53-55-57-59-61-63-65-67-69-71-73-75-77-84(89)94-81-83(82-95-87(86(91)92)93-80-79-88(3,4)5)96-85(90)78-76-74-72-70-68-66-64-62-60-58-56-54-52-50-47-37-35-33-31-29-27-25-23-21-19-17-15-13-11-9-7-2/h19,21,25,27,31,33,83,87H,6-18,20,22-24,26,28-30,32,34-82H2,1-5H3/p+1/b21-19-,27-25-,33-31-. The molecule has 96 heavy (non-hydrogen) atoms. The van der Waals surface area contributed by atoms with Crippen LogP contribution in [-0.2, 0) is 33.3 Å². The van der Waals surface area contributed by atoms with Crippen molar-refractivity contribution in [2.75, 3.05) is 47.5 Å². The van der Waals surface area contributed by atoms with Crippen LogP contribution in [-0.4, -0.2) is 87.4 Å². The third-order valence-corrected chi connectivity index (χ3v) is 19.6. The van der Waals surface area contributed by atoms with Gasteiger partial charge in [-0.25, -0.2) is 4.79 Å². The minimum atomic E-state index is -1.51. The third-order valence-electron chi connectivity index (χ3n) is 19.6. The van der Waals surface area contributed by atoms with Gasteiger partial charge in [-0.1, -0.05) is 416 Å². The summed E-state index contributed by atoms with van der Waals surface area (Å²) in [6.07, 6.45) is 99.1. The SMILES string of the molecule is CCCCCCC/C=C\C/C=C\C/C=C\CCCCCCCCCCCCCCCCCCC(=O)OC(COC(=O)CCCCCCCCCCCCCCCCCCCCCCCCCCCCCCCCCCCCCCCCCC)COC(OCC[N+](C)(C)C)C(=O)O. The van der Waals surface area contributed by atoms with Crippen molar-refractivity contribution >= 4 is 17.9 Å². The van der Waals surface area contributed by atoms with Crippen LogP contribution in [0.3, 0.4) is 0 Å². The molecule has 566 valence electrons. The van der Waals surface area contributed by atoms with E-state index in [-0.39, 0.29) is 38.2 Å². The topological polar surface area (TPSA) is 108 Å². The molecule has 1 N–H and O–H groups in total. The molecule has 0 fully saturated rings. The van der Waals surface area contributed by atoms with Gasteiger partial charge in [0.15, 0.2) is 6.10 Å². The molecule has 0 aromatic heterocycles. The highest BCUT2D eigenvalue weighted by Gasteiger charge is 2.25. The molecule has 0 radical (unpaired) electrons. The van der Waals surface area contributed by atoms with E-state index in [2.05, 4.69) is 50.3 Å². The Balaban J connectivity index is 3.92. The quantitative estimate of drug-likeness (QED) is 0.0211. The van der Waals surface area contributed by atoms with E-state index in [1.54, 1.807) is 0 Å². The summed E-state index contributed by atoms with van der Waals surface area (Å²) in [5.41, 5.74) is 0. The molecule has 0 saturated carbocycles. The highest BCUT2D eigenvalue weighted by atomic mass is 16.7. The smallest absolute Gasteiger partial charge is 0.361 e. The predicted octanol–water partition coefficient (Wildman–Crippen LogP) is 27.4. The molecule has 0 amide bonds. The number of aliphatic carboxylic acids is 1. The minimum Gasteiger partial charge on any atom is -0.477 e.